The zero-order valence-electron chi connectivity index (χ0n) is 10.1. The monoisotopic (exact) mass is 237 g/mol. The lowest BCUT2D eigenvalue weighted by molar-refractivity contribution is 0.194. The van der Waals surface area contributed by atoms with Crippen molar-refractivity contribution < 1.29 is 9.47 Å². The van der Waals surface area contributed by atoms with Crippen molar-refractivity contribution in [3.8, 4) is 11.8 Å². The van der Waals surface area contributed by atoms with Crippen molar-refractivity contribution in [3.63, 3.8) is 0 Å². The van der Waals surface area contributed by atoms with Gasteiger partial charge in [0.15, 0.2) is 0 Å². The summed E-state index contributed by atoms with van der Waals surface area (Å²) >= 11 is 0. The summed E-state index contributed by atoms with van der Waals surface area (Å²) in [6, 6.07) is 0.257. The van der Waals surface area contributed by atoms with Crippen LogP contribution >= 0.6 is 0 Å². The number of hydrogen-bond acceptors (Lipinski definition) is 5. The van der Waals surface area contributed by atoms with E-state index >= 15 is 0 Å². The zero-order chi connectivity index (χ0) is 12.1. The Morgan fingerprint density at radius 3 is 2.88 bits per heavy atom. The first kappa shape index (κ1) is 12.1. The van der Waals surface area contributed by atoms with Crippen LogP contribution in [0.25, 0.3) is 0 Å². The smallest absolute Gasteiger partial charge is 0.235 e. The molecule has 2 unspecified atom stereocenters. The maximum atomic E-state index is 5.83. The van der Waals surface area contributed by atoms with Crippen molar-refractivity contribution in [2.24, 2.45) is 5.73 Å². The van der Waals surface area contributed by atoms with Crippen LogP contribution in [0.2, 0.25) is 0 Å². The Labute approximate surface area is 101 Å². The van der Waals surface area contributed by atoms with E-state index in [4.69, 9.17) is 15.2 Å². The Morgan fingerprint density at radius 1 is 1.35 bits per heavy atom. The van der Waals surface area contributed by atoms with Crippen LogP contribution in [0.3, 0.4) is 0 Å². The average Bonchev–Trinajstić information content (AvgIpc) is 2.73. The molecular formula is C12H19N3O2. The van der Waals surface area contributed by atoms with E-state index in [0.29, 0.717) is 18.4 Å². The highest BCUT2D eigenvalue weighted by Gasteiger charge is 2.23. The van der Waals surface area contributed by atoms with Gasteiger partial charge in [-0.1, -0.05) is 6.92 Å². The number of hydrogen-bond donors (Lipinski definition) is 1. The predicted molar refractivity (Wildman–Crippen MR) is 64.1 cm³/mol. The van der Waals surface area contributed by atoms with Gasteiger partial charge in [-0.05, 0) is 25.7 Å². The number of rotatable bonds is 5. The Hall–Kier alpha value is -1.36. The largest absolute Gasteiger partial charge is 0.477 e. The molecule has 94 valence electrons. The van der Waals surface area contributed by atoms with Crippen molar-refractivity contribution in [2.75, 3.05) is 6.61 Å². The van der Waals surface area contributed by atoms with E-state index in [1.165, 1.54) is 0 Å². The predicted octanol–water partition coefficient (Wildman–Crippen LogP) is 1.52. The minimum atomic E-state index is 0.167. The Balaban J connectivity index is 1.91. The molecule has 0 amide bonds. The van der Waals surface area contributed by atoms with Gasteiger partial charge in [0, 0.05) is 6.04 Å². The molecule has 1 aromatic heterocycles. The first-order valence-corrected chi connectivity index (χ1v) is 6.15. The van der Waals surface area contributed by atoms with E-state index in [2.05, 4.69) is 9.97 Å². The van der Waals surface area contributed by atoms with E-state index in [-0.39, 0.29) is 12.1 Å². The molecule has 0 spiro atoms. The van der Waals surface area contributed by atoms with Crippen LogP contribution in [-0.2, 0) is 0 Å². The van der Waals surface area contributed by atoms with Crippen molar-refractivity contribution in [1.82, 2.24) is 9.97 Å². The number of ether oxygens (including phenoxy) is 2. The average molecular weight is 237 g/mol. The molecule has 2 rings (SSSR count). The molecule has 1 aromatic rings. The first-order chi connectivity index (χ1) is 8.28. The van der Waals surface area contributed by atoms with E-state index in [9.17, 15) is 0 Å². The van der Waals surface area contributed by atoms with Gasteiger partial charge in [0.2, 0.25) is 11.8 Å². The van der Waals surface area contributed by atoms with Crippen LogP contribution in [0.1, 0.15) is 32.6 Å². The summed E-state index contributed by atoms with van der Waals surface area (Å²) < 4.78 is 11.1. The number of nitrogens with zero attached hydrogens (tertiary/aromatic N) is 2. The topological polar surface area (TPSA) is 70.3 Å². The van der Waals surface area contributed by atoms with Crippen molar-refractivity contribution in [2.45, 2.75) is 44.8 Å². The normalized spacial score (nSPS) is 23.6. The highest BCUT2D eigenvalue weighted by molar-refractivity contribution is 5.13. The summed E-state index contributed by atoms with van der Waals surface area (Å²) in [5.41, 5.74) is 5.83. The molecule has 2 atom stereocenters. The molecule has 5 heteroatoms. The molecule has 1 aliphatic rings. The highest BCUT2D eigenvalue weighted by Crippen LogP contribution is 2.22. The maximum absolute atomic E-state index is 5.83. The molecule has 1 heterocycles. The lowest BCUT2D eigenvalue weighted by Gasteiger charge is -2.12. The number of nitrogens with two attached hydrogens (primary N) is 1. The first-order valence-electron chi connectivity index (χ1n) is 6.15. The second kappa shape index (κ2) is 5.82. The van der Waals surface area contributed by atoms with Crippen molar-refractivity contribution in [1.29, 1.82) is 0 Å². The molecule has 0 radical (unpaired) electrons. The second-order valence-corrected chi connectivity index (χ2v) is 4.36. The fourth-order valence-corrected chi connectivity index (χ4v) is 1.92. The molecule has 1 aliphatic carbocycles. The quantitative estimate of drug-likeness (QED) is 0.840. The molecule has 0 aliphatic heterocycles. The summed E-state index contributed by atoms with van der Waals surface area (Å²) in [6.07, 6.45) is 7.23. The standard InChI is InChI=1S/C12H19N3O2/c1-2-5-16-11-7-14-8-12(15-11)17-10-4-3-9(13)6-10/h7-10H,2-6,13H2,1H3. The Kier molecular flexibility index (Phi) is 4.14. The van der Waals surface area contributed by atoms with Crippen LogP contribution in [0.15, 0.2) is 12.4 Å². The number of aromatic nitrogens is 2. The zero-order valence-corrected chi connectivity index (χ0v) is 10.1. The SMILES string of the molecule is CCCOc1cncc(OC2CCC(N)C2)n1. The third-order valence-electron chi connectivity index (χ3n) is 2.76. The van der Waals surface area contributed by atoms with Crippen LogP contribution in [0.4, 0.5) is 0 Å². The molecule has 0 saturated heterocycles. The lowest BCUT2D eigenvalue weighted by Crippen LogP contribution is -2.19. The van der Waals surface area contributed by atoms with Gasteiger partial charge in [0.25, 0.3) is 0 Å². The van der Waals surface area contributed by atoms with Crippen LogP contribution in [-0.4, -0.2) is 28.7 Å². The van der Waals surface area contributed by atoms with Gasteiger partial charge in [-0.15, -0.1) is 0 Å². The van der Waals surface area contributed by atoms with Gasteiger partial charge < -0.3 is 15.2 Å². The minimum absolute atomic E-state index is 0.167. The summed E-state index contributed by atoms with van der Waals surface area (Å²) in [4.78, 5) is 8.31. The lowest BCUT2D eigenvalue weighted by atomic mass is 10.3. The van der Waals surface area contributed by atoms with Gasteiger partial charge in [0.05, 0.1) is 19.0 Å². The summed E-state index contributed by atoms with van der Waals surface area (Å²) in [7, 11) is 0. The summed E-state index contributed by atoms with van der Waals surface area (Å²) in [5.74, 6) is 1.05. The molecule has 0 aromatic carbocycles. The third-order valence-corrected chi connectivity index (χ3v) is 2.76. The summed E-state index contributed by atoms with van der Waals surface area (Å²) in [6.45, 7) is 2.69. The fraction of sp³-hybridized carbons (Fsp3) is 0.667. The molecular weight excluding hydrogens is 218 g/mol. The molecule has 5 nitrogen and oxygen atoms in total. The minimum Gasteiger partial charge on any atom is -0.477 e. The van der Waals surface area contributed by atoms with Crippen molar-refractivity contribution >= 4 is 0 Å². The van der Waals surface area contributed by atoms with Crippen LogP contribution in [0, 0.1) is 0 Å². The molecule has 17 heavy (non-hydrogen) atoms. The van der Waals surface area contributed by atoms with Gasteiger partial charge in [0.1, 0.15) is 6.10 Å². The van der Waals surface area contributed by atoms with Crippen molar-refractivity contribution in [3.05, 3.63) is 12.4 Å². The third kappa shape index (κ3) is 3.56. The molecule has 2 N–H and O–H groups in total. The Bertz CT molecular complexity index is 359. The van der Waals surface area contributed by atoms with E-state index in [1.807, 2.05) is 6.92 Å². The van der Waals surface area contributed by atoms with Gasteiger partial charge >= 0.3 is 0 Å². The highest BCUT2D eigenvalue weighted by atomic mass is 16.5. The molecule has 0 bridgehead atoms. The van der Waals surface area contributed by atoms with Gasteiger partial charge in [-0.3, -0.25) is 4.98 Å². The van der Waals surface area contributed by atoms with Gasteiger partial charge in [-0.2, -0.15) is 4.98 Å². The van der Waals surface area contributed by atoms with Crippen LogP contribution in [0.5, 0.6) is 11.8 Å². The molecule has 1 saturated carbocycles. The summed E-state index contributed by atoms with van der Waals surface area (Å²) in [5, 5.41) is 0. The Morgan fingerprint density at radius 2 is 2.18 bits per heavy atom. The maximum Gasteiger partial charge on any atom is 0.235 e. The fourth-order valence-electron chi connectivity index (χ4n) is 1.92. The van der Waals surface area contributed by atoms with Crippen LogP contribution < -0.4 is 15.2 Å². The van der Waals surface area contributed by atoms with Gasteiger partial charge in [-0.25, -0.2) is 0 Å². The van der Waals surface area contributed by atoms with E-state index in [0.717, 1.165) is 25.7 Å². The van der Waals surface area contributed by atoms with E-state index < -0.39 is 0 Å². The van der Waals surface area contributed by atoms with E-state index in [1.54, 1.807) is 12.4 Å². The molecule has 1 fully saturated rings. The second-order valence-electron chi connectivity index (χ2n) is 4.36.